The van der Waals surface area contributed by atoms with Gasteiger partial charge in [-0.1, -0.05) is 17.8 Å². The van der Waals surface area contributed by atoms with Crippen LogP contribution in [-0.4, -0.2) is 44.4 Å². The second-order valence-corrected chi connectivity index (χ2v) is 9.47. The van der Waals surface area contributed by atoms with E-state index in [0.29, 0.717) is 62.4 Å². The number of nitrogens with zero attached hydrogens (tertiary/aromatic N) is 5. The molecule has 0 aliphatic rings. The Kier molecular flexibility index (Phi) is 8.06. The van der Waals surface area contributed by atoms with Crippen molar-refractivity contribution in [1.82, 2.24) is 24.7 Å². The monoisotopic (exact) mass is 526 g/mol. The Morgan fingerprint density at radius 2 is 1.97 bits per heavy atom. The van der Waals surface area contributed by atoms with E-state index in [2.05, 4.69) is 26.7 Å². The zero-order chi connectivity index (χ0) is 25.7. The molecule has 3 heterocycles. The third-order valence-corrected chi connectivity index (χ3v) is 7.32. The number of fused-ring (bicyclic) bond motifs is 1. The molecule has 0 fully saturated rings. The molecular formula is C24H26N6O4S2. The summed E-state index contributed by atoms with van der Waals surface area (Å²) in [7, 11) is 1.62. The van der Waals surface area contributed by atoms with Crippen LogP contribution in [0.1, 0.15) is 33.8 Å². The summed E-state index contributed by atoms with van der Waals surface area (Å²) in [6.07, 6.45) is 1.77. The number of hydrogen-bond donors (Lipinski definition) is 1. The van der Waals surface area contributed by atoms with E-state index in [0.717, 1.165) is 11.3 Å². The Morgan fingerprint density at radius 1 is 1.22 bits per heavy atom. The van der Waals surface area contributed by atoms with Crippen molar-refractivity contribution >= 4 is 45.1 Å². The van der Waals surface area contributed by atoms with Gasteiger partial charge in [0.2, 0.25) is 0 Å². The largest absolute Gasteiger partial charge is 0.497 e. The van der Waals surface area contributed by atoms with E-state index in [-0.39, 0.29) is 12.6 Å². The molecule has 2 N–H and O–H groups in total. The predicted molar refractivity (Wildman–Crippen MR) is 140 cm³/mol. The van der Waals surface area contributed by atoms with Crippen LogP contribution in [0, 0.1) is 6.92 Å². The third-order valence-electron chi connectivity index (χ3n) is 5.19. The number of hydrogen-bond acceptors (Lipinski definition) is 11. The summed E-state index contributed by atoms with van der Waals surface area (Å²) < 4.78 is 18.1. The first kappa shape index (κ1) is 25.5. The van der Waals surface area contributed by atoms with E-state index in [1.54, 1.807) is 20.1 Å². The second kappa shape index (κ2) is 11.4. The molecule has 0 bridgehead atoms. The van der Waals surface area contributed by atoms with Crippen LogP contribution < -0.4 is 15.2 Å². The minimum Gasteiger partial charge on any atom is -0.497 e. The van der Waals surface area contributed by atoms with Crippen LogP contribution >= 0.6 is 23.1 Å². The number of carbonyl (C=O) groups is 1. The molecule has 0 amide bonds. The number of aromatic nitrogens is 5. The quantitative estimate of drug-likeness (QED) is 0.170. The van der Waals surface area contributed by atoms with E-state index >= 15 is 0 Å². The number of esters is 1. The Morgan fingerprint density at radius 3 is 2.67 bits per heavy atom. The van der Waals surface area contributed by atoms with Gasteiger partial charge >= 0.3 is 5.97 Å². The molecule has 0 saturated carbocycles. The summed E-state index contributed by atoms with van der Waals surface area (Å²) in [5.74, 6) is 3.02. The molecule has 0 radical (unpaired) electrons. The van der Waals surface area contributed by atoms with Gasteiger partial charge in [0.15, 0.2) is 11.0 Å². The molecule has 4 aromatic rings. The Bertz CT molecular complexity index is 1380. The number of aryl methyl sites for hydroxylation is 1. The summed E-state index contributed by atoms with van der Waals surface area (Å²) in [6.45, 7) is 8.50. The normalized spacial score (nSPS) is 11.0. The minimum atomic E-state index is -0.379. The zero-order valence-corrected chi connectivity index (χ0v) is 21.8. The molecule has 3 aromatic heterocycles. The molecule has 1 aromatic carbocycles. The first-order chi connectivity index (χ1) is 17.4. The van der Waals surface area contributed by atoms with E-state index in [1.807, 2.05) is 35.8 Å². The van der Waals surface area contributed by atoms with Crippen molar-refractivity contribution in [2.45, 2.75) is 37.9 Å². The zero-order valence-electron chi connectivity index (χ0n) is 20.2. The lowest BCUT2D eigenvalue weighted by atomic mass is 10.2. The SMILES string of the molecule is C=CCn1c(COc2ccc(OC)cc2)nnc1SCc1nc(N)c2c(C)c(C(=O)OCC)sc2n1. The van der Waals surface area contributed by atoms with Crippen LogP contribution in [0.3, 0.4) is 0 Å². The van der Waals surface area contributed by atoms with Gasteiger partial charge in [0.25, 0.3) is 0 Å². The molecule has 0 spiro atoms. The number of thioether (sulfide) groups is 1. The van der Waals surface area contributed by atoms with Crippen LogP contribution in [0.25, 0.3) is 10.2 Å². The molecule has 36 heavy (non-hydrogen) atoms. The number of rotatable bonds is 11. The van der Waals surface area contributed by atoms with E-state index in [9.17, 15) is 4.79 Å². The third kappa shape index (κ3) is 5.44. The van der Waals surface area contributed by atoms with Crippen LogP contribution in [0.2, 0.25) is 0 Å². The van der Waals surface area contributed by atoms with Crippen LogP contribution in [0.4, 0.5) is 5.82 Å². The highest BCUT2D eigenvalue weighted by Gasteiger charge is 2.21. The Labute approximate surface area is 216 Å². The van der Waals surface area contributed by atoms with Gasteiger partial charge in [-0.3, -0.25) is 4.57 Å². The van der Waals surface area contributed by atoms with Crippen LogP contribution in [0.15, 0.2) is 42.1 Å². The summed E-state index contributed by atoms with van der Waals surface area (Å²) in [4.78, 5) is 22.5. The van der Waals surface area contributed by atoms with E-state index < -0.39 is 0 Å². The fourth-order valence-electron chi connectivity index (χ4n) is 3.47. The number of nitrogen functional groups attached to an aromatic ring is 1. The molecule has 0 unspecified atom stereocenters. The highest BCUT2D eigenvalue weighted by atomic mass is 32.2. The molecule has 0 atom stereocenters. The number of carbonyl (C=O) groups excluding carboxylic acids is 1. The summed E-state index contributed by atoms with van der Waals surface area (Å²) >= 11 is 2.69. The first-order valence-electron chi connectivity index (χ1n) is 11.1. The van der Waals surface area contributed by atoms with Gasteiger partial charge < -0.3 is 19.9 Å². The van der Waals surface area contributed by atoms with Gasteiger partial charge in [0, 0.05) is 6.54 Å². The fourth-order valence-corrected chi connectivity index (χ4v) is 5.39. The van der Waals surface area contributed by atoms with Gasteiger partial charge in [-0.15, -0.1) is 28.1 Å². The second-order valence-electron chi connectivity index (χ2n) is 7.53. The number of benzene rings is 1. The molecule has 188 valence electrons. The predicted octanol–water partition coefficient (Wildman–Crippen LogP) is 4.42. The van der Waals surface area contributed by atoms with Crippen molar-refractivity contribution in [3.8, 4) is 11.5 Å². The van der Waals surface area contributed by atoms with Crippen molar-refractivity contribution in [3.63, 3.8) is 0 Å². The highest BCUT2D eigenvalue weighted by Crippen LogP contribution is 2.34. The lowest BCUT2D eigenvalue weighted by Gasteiger charge is -2.09. The van der Waals surface area contributed by atoms with Gasteiger partial charge in [-0.2, -0.15) is 0 Å². The van der Waals surface area contributed by atoms with Gasteiger partial charge in [-0.05, 0) is 43.7 Å². The van der Waals surface area contributed by atoms with Gasteiger partial charge in [0.05, 0.1) is 24.9 Å². The summed E-state index contributed by atoms with van der Waals surface area (Å²) in [5, 5.41) is 9.98. The summed E-state index contributed by atoms with van der Waals surface area (Å²) in [6, 6.07) is 7.33. The van der Waals surface area contributed by atoms with Crippen molar-refractivity contribution < 1.29 is 19.0 Å². The van der Waals surface area contributed by atoms with Crippen molar-refractivity contribution in [3.05, 3.63) is 59.0 Å². The minimum absolute atomic E-state index is 0.244. The van der Waals surface area contributed by atoms with Crippen LogP contribution in [-0.2, 0) is 23.6 Å². The highest BCUT2D eigenvalue weighted by molar-refractivity contribution is 7.98. The molecule has 10 nitrogen and oxygen atoms in total. The first-order valence-corrected chi connectivity index (χ1v) is 12.9. The van der Waals surface area contributed by atoms with Crippen LogP contribution in [0.5, 0.6) is 11.5 Å². The molecule has 4 rings (SSSR count). The molecular weight excluding hydrogens is 500 g/mol. The van der Waals surface area contributed by atoms with E-state index in [4.69, 9.17) is 19.9 Å². The van der Waals surface area contributed by atoms with Crippen molar-refractivity contribution in [2.24, 2.45) is 0 Å². The Hall–Kier alpha value is -3.64. The number of ether oxygens (including phenoxy) is 3. The maximum Gasteiger partial charge on any atom is 0.348 e. The topological polar surface area (TPSA) is 127 Å². The standard InChI is InChI=1S/C24H26N6O4S2/c1-5-11-30-18(12-34-16-9-7-15(32-4)8-10-16)28-29-24(30)35-13-17-26-21(25)19-14(3)20(23(31)33-6-2)36-22(19)27-17/h5,7-10H,1,6,11-13H2,2-4H3,(H2,25,26,27). The number of methoxy groups -OCH3 is 1. The maximum absolute atomic E-state index is 12.3. The van der Waals surface area contributed by atoms with Crippen molar-refractivity contribution in [1.29, 1.82) is 0 Å². The van der Waals surface area contributed by atoms with Gasteiger partial charge in [0.1, 0.15) is 39.5 Å². The molecule has 12 heteroatoms. The molecule has 0 saturated heterocycles. The number of anilines is 1. The van der Waals surface area contributed by atoms with E-state index in [1.165, 1.54) is 23.1 Å². The summed E-state index contributed by atoms with van der Waals surface area (Å²) in [5.41, 5.74) is 6.97. The average molecular weight is 527 g/mol. The van der Waals surface area contributed by atoms with Gasteiger partial charge in [-0.25, -0.2) is 14.8 Å². The lowest BCUT2D eigenvalue weighted by molar-refractivity contribution is 0.0531. The molecule has 0 aliphatic heterocycles. The number of thiophene rings is 1. The maximum atomic E-state index is 12.3. The smallest absolute Gasteiger partial charge is 0.348 e. The number of nitrogens with two attached hydrogens (primary N) is 1. The average Bonchev–Trinajstić information content (AvgIpc) is 3.42. The lowest BCUT2D eigenvalue weighted by Crippen LogP contribution is -2.08. The molecule has 0 aliphatic carbocycles. The van der Waals surface area contributed by atoms with Crippen molar-refractivity contribution in [2.75, 3.05) is 19.5 Å². The Balaban J connectivity index is 1.50. The fraction of sp³-hybridized carbons (Fsp3) is 0.292. The number of allylic oxidation sites excluding steroid dienone is 1.